The summed E-state index contributed by atoms with van der Waals surface area (Å²) in [6, 6.07) is 31.2. The fourth-order valence-electron chi connectivity index (χ4n) is 4.83. The zero-order chi connectivity index (χ0) is 35.3. The van der Waals surface area contributed by atoms with Crippen LogP contribution in [0.5, 0.6) is 11.5 Å². The average molecular weight is 748 g/mol. The van der Waals surface area contributed by atoms with Crippen molar-refractivity contribution in [3.63, 3.8) is 0 Å². The Balaban J connectivity index is 0.000000194. The normalized spacial score (nSPS) is 15.5. The van der Waals surface area contributed by atoms with Gasteiger partial charge < -0.3 is 9.47 Å². The number of benzene rings is 4. The van der Waals surface area contributed by atoms with Gasteiger partial charge in [0, 0.05) is 0 Å². The third kappa shape index (κ3) is 10.8. The first-order chi connectivity index (χ1) is 24.3. The van der Waals surface area contributed by atoms with Gasteiger partial charge in [0.1, 0.15) is 11.5 Å². The molecule has 8 nitrogen and oxygen atoms in total. The van der Waals surface area contributed by atoms with E-state index in [-0.39, 0.29) is 10.5 Å². The molecule has 256 valence electrons. The lowest BCUT2D eigenvalue weighted by Crippen LogP contribution is -2.17. The van der Waals surface area contributed by atoms with E-state index in [0.29, 0.717) is 55.7 Å². The van der Waals surface area contributed by atoms with E-state index in [2.05, 4.69) is 34.9 Å². The Bertz CT molecular complexity index is 1780. The Hall–Kier alpha value is -4.48. The molecule has 50 heavy (non-hydrogen) atoms. The first-order valence-corrected chi connectivity index (χ1v) is 18.1. The smallest absolute Gasteiger partial charge is 0.290 e. The van der Waals surface area contributed by atoms with Crippen LogP contribution in [0.3, 0.4) is 0 Å². The van der Waals surface area contributed by atoms with E-state index in [9.17, 15) is 19.2 Å². The quantitative estimate of drug-likeness (QED) is 0.109. The van der Waals surface area contributed by atoms with Gasteiger partial charge in [-0.1, -0.05) is 108 Å². The van der Waals surface area contributed by atoms with Crippen LogP contribution in [-0.4, -0.2) is 35.5 Å². The summed E-state index contributed by atoms with van der Waals surface area (Å²) >= 11 is 14.5. The molecule has 0 saturated carbocycles. The highest BCUT2D eigenvalue weighted by atomic mass is 35.5. The predicted molar refractivity (Wildman–Crippen MR) is 202 cm³/mol. The molecular formula is C38H32Cl2N2O6S2. The van der Waals surface area contributed by atoms with Gasteiger partial charge >= 0.3 is 0 Å². The highest BCUT2D eigenvalue weighted by Crippen LogP contribution is 2.34. The number of aryl methyl sites for hydroxylation is 2. The monoisotopic (exact) mass is 746 g/mol. The summed E-state index contributed by atoms with van der Waals surface area (Å²) in [6.07, 6.45) is 6.81. The van der Waals surface area contributed by atoms with E-state index in [1.54, 1.807) is 36.4 Å². The summed E-state index contributed by atoms with van der Waals surface area (Å²) in [5.41, 5.74) is 3.83. The number of hydrogen-bond acceptors (Lipinski definition) is 8. The van der Waals surface area contributed by atoms with Crippen LogP contribution < -0.4 is 20.1 Å². The van der Waals surface area contributed by atoms with Gasteiger partial charge in [0.15, 0.2) is 0 Å². The Morgan fingerprint density at radius 3 is 1.30 bits per heavy atom. The van der Waals surface area contributed by atoms with Crippen LogP contribution in [0.25, 0.3) is 12.2 Å². The second kappa shape index (κ2) is 18.5. The van der Waals surface area contributed by atoms with E-state index in [4.69, 9.17) is 32.7 Å². The van der Waals surface area contributed by atoms with Crippen molar-refractivity contribution in [2.45, 2.75) is 25.7 Å². The molecule has 0 unspecified atom stereocenters. The first kappa shape index (κ1) is 36.8. The van der Waals surface area contributed by atoms with Gasteiger partial charge in [-0.3, -0.25) is 29.8 Å². The van der Waals surface area contributed by atoms with Crippen LogP contribution >= 0.6 is 46.7 Å². The molecule has 0 spiro atoms. The standard InChI is InChI=1S/2C19H16ClNO3S/c2*20-17-14(12-16-18(22)21-19(23)25-16)9-4-10-15(17)24-11-5-8-13-6-2-1-3-7-13/h2*1-4,6-7,9-10,12H,5,8,11H2,(H,21,22,23). The van der Waals surface area contributed by atoms with Crippen molar-refractivity contribution in [3.05, 3.63) is 139 Å². The summed E-state index contributed by atoms with van der Waals surface area (Å²) < 4.78 is 11.6. The fraction of sp³-hybridized carbons (Fsp3) is 0.158. The molecule has 4 aromatic carbocycles. The van der Waals surface area contributed by atoms with Crippen LogP contribution in [0.1, 0.15) is 35.1 Å². The third-order valence-corrected chi connectivity index (χ3v) is 9.69. The van der Waals surface area contributed by atoms with Crippen molar-refractivity contribution in [3.8, 4) is 11.5 Å². The number of amides is 4. The molecule has 6 rings (SSSR count). The number of carbonyl (C=O) groups is 4. The van der Waals surface area contributed by atoms with Crippen molar-refractivity contribution in [2.75, 3.05) is 13.2 Å². The van der Waals surface area contributed by atoms with E-state index < -0.39 is 11.8 Å². The van der Waals surface area contributed by atoms with Gasteiger partial charge in [0.05, 0.1) is 33.1 Å². The molecule has 4 amide bonds. The second-order valence-corrected chi connectivity index (χ2v) is 13.7. The number of rotatable bonds is 12. The van der Waals surface area contributed by atoms with Crippen molar-refractivity contribution in [2.24, 2.45) is 0 Å². The maximum absolute atomic E-state index is 11.6. The highest BCUT2D eigenvalue weighted by Gasteiger charge is 2.26. The number of ether oxygens (including phenoxy) is 2. The van der Waals surface area contributed by atoms with Gasteiger partial charge in [-0.15, -0.1) is 0 Å². The molecule has 2 aliphatic heterocycles. The molecule has 2 saturated heterocycles. The fourth-order valence-corrected chi connectivity index (χ4v) is 6.65. The van der Waals surface area contributed by atoms with Crippen LogP contribution in [0.15, 0.2) is 107 Å². The van der Waals surface area contributed by atoms with Gasteiger partial charge in [-0.25, -0.2) is 0 Å². The van der Waals surface area contributed by atoms with Crippen molar-refractivity contribution < 1.29 is 28.7 Å². The van der Waals surface area contributed by atoms with Crippen molar-refractivity contribution in [1.29, 1.82) is 0 Å². The molecule has 0 atom stereocenters. The van der Waals surface area contributed by atoms with E-state index in [0.717, 1.165) is 49.2 Å². The molecule has 12 heteroatoms. The summed E-state index contributed by atoms with van der Waals surface area (Å²) in [5, 5.41) is 4.56. The lowest BCUT2D eigenvalue weighted by molar-refractivity contribution is -0.116. The number of halogens is 2. The molecular weight excluding hydrogens is 715 g/mol. The largest absolute Gasteiger partial charge is 0.492 e. The van der Waals surface area contributed by atoms with Gasteiger partial charge in [-0.2, -0.15) is 0 Å². The molecule has 2 N–H and O–H groups in total. The molecule has 0 aromatic heterocycles. The third-order valence-electron chi connectivity index (χ3n) is 7.26. The van der Waals surface area contributed by atoms with E-state index in [1.807, 2.05) is 48.5 Å². The van der Waals surface area contributed by atoms with E-state index >= 15 is 0 Å². The molecule has 2 aliphatic rings. The lowest BCUT2D eigenvalue weighted by atomic mass is 10.1. The Labute approximate surface area is 308 Å². The van der Waals surface area contributed by atoms with Gasteiger partial charge in [-0.05, 0) is 95.7 Å². The van der Waals surface area contributed by atoms with Crippen molar-refractivity contribution >= 4 is 81.2 Å². The summed E-state index contributed by atoms with van der Waals surface area (Å²) in [4.78, 5) is 46.4. The second-order valence-electron chi connectivity index (χ2n) is 10.9. The number of nitrogens with one attached hydrogen (secondary N) is 2. The van der Waals surface area contributed by atoms with Crippen LogP contribution in [-0.2, 0) is 22.4 Å². The van der Waals surface area contributed by atoms with Gasteiger partial charge in [0.2, 0.25) is 0 Å². The zero-order valence-corrected chi connectivity index (χ0v) is 29.8. The maximum atomic E-state index is 11.6. The van der Waals surface area contributed by atoms with Crippen molar-refractivity contribution in [1.82, 2.24) is 10.6 Å². The highest BCUT2D eigenvalue weighted by molar-refractivity contribution is 8.18. The molecule has 0 bridgehead atoms. The zero-order valence-electron chi connectivity index (χ0n) is 26.7. The molecule has 0 aliphatic carbocycles. The predicted octanol–water partition coefficient (Wildman–Crippen LogP) is 9.35. The van der Waals surface area contributed by atoms with Crippen LogP contribution in [0.2, 0.25) is 10.0 Å². The Morgan fingerprint density at radius 2 is 0.940 bits per heavy atom. The molecule has 2 fully saturated rings. The van der Waals surface area contributed by atoms with Crippen LogP contribution in [0.4, 0.5) is 9.59 Å². The number of carbonyl (C=O) groups excluding carboxylic acids is 4. The van der Waals surface area contributed by atoms with E-state index in [1.165, 1.54) is 11.1 Å². The van der Waals surface area contributed by atoms with Crippen LogP contribution in [0, 0.1) is 0 Å². The maximum Gasteiger partial charge on any atom is 0.290 e. The minimum atomic E-state index is -0.403. The number of thioether (sulfide) groups is 2. The SMILES string of the molecule is O=C1NC(=O)C(=Cc2cccc(OCCCc3ccccc3)c2Cl)S1.O=C1NC(=O)C(=Cc2cccc(OCCCc3ccccc3)c2Cl)S1. The first-order valence-electron chi connectivity index (χ1n) is 15.7. The number of hydrogen-bond donors (Lipinski definition) is 2. The minimum absolute atomic E-state index is 0.327. The van der Waals surface area contributed by atoms with Gasteiger partial charge in [0.25, 0.3) is 22.3 Å². The summed E-state index contributed by atoms with van der Waals surface area (Å²) in [6.45, 7) is 1.09. The number of imide groups is 2. The minimum Gasteiger partial charge on any atom is -0.492 e. The Morgan fingerprint density at radius 1 is 0.540 bits per heavy atom. The average Bonchev–Trinajstić information content (AvgIpc) is 3.61. The molecule has 2 heterocycles. The molecule has 0 radical (unpaired) electrons. The molecule has 4 aromatic rings. The Kier molecular flexibility index (Phi) is 13.6. The topological polar surface area (TPSA) is 111 Å². The summed E-state index contributed by atoms with van der Waals surface area (Å²) in [5.74, 6) is 0.332. The lowest BCUT2D eigenvalue weighted by Gasteiger charge is -2.10. The summed E-state index contributed by atoms with van der Waals surface area (Å²) in [7, 11) is 0.